The van der Waals surface area contributed by atoms with Gasteiger partial charge in [-0.1, -0.05) is 12.1 Å². The van der Waals surface area contributed by atoms with E-state index in [1.807, 2.05) is 0 Å². The predicted octanol–water partition coefficient (Wildman–Crippen LogP) is 1.53. The molecule has 9 heteroatoms. The second kappa shape index (κ2) is 9.82. The minimum absolute atomic E-state index is 0. The number of amides is 1. The Bertz CT molecular complexity index is 784. The highest BCUT2D eigenvalue weighted by Crippen LogP contribution is 2.20. The van der Waals surface area contributed by atoms with Crippen molar-refractivity contribution in [3.8, 4) is 0 Å². The smallest absolute Gasteiger partial charge is 0.243 e. The molecule has 2 saturated heterocycles. The molecule has 1 amide bonds. The molecule has 1 aromatic rings. The molecule has 0 aliphatic carbocycles. The topological polar surface area (TPSA) is 86.8 Å². The molecule has 0 radical (unpaired) electrons. The summed E-state index contributed by atoms with van der Waals surface area (Å²) in [4.78, 5) is 25.7. The lowest BCUT2D eigenvalue weighted by Crippen LogP contribution is -2.50. The minimum atomic E-state index is -3.60. The lowest BCUT2D eigenvalue weighted by molar-refractivity contribution is -0.132. The van der Waals surface area contributed by atoms with Crippen molar-refractivity contribution < 1.29 is 18.0 Å². The highest BCUT2D eigenvalue weighted by atomic mass is 35.5. The molecule has 0 aromatic heterocycles. The van der Waals surface area contributed by atoms with Gasteiger partial charge in [0.1, 0.15) is 0 Å². The van der Waals surface area contributed by atoms with E-state index in [9.17, 15) is 18.0 Å². The number of carbonyl (C=O) groups excluding carboxylic acids is 2. The lowest BCUT2D eigenvalue weighted by atomic mass is 10.0. The summed E-state index contributed by atoms with van der Waals surface area (Å²) in [5, 5.41) is 3.31. The summed E-state index contributed by atoms with van der Waals surface area (Å²) in [6.45, 7) is 4.91. The highest BCUT2D eigenvalue weighted by molar-refractivity contribution is 7.89. The van der Waals surface area contributed by atoms with Gasteiger partial charge in [-0.25, -0.2) is 8.42 Å². The largest absolute Gasteiger partial charge is 0.340 e. The zero-order chi connectivity index (χ0) is 19.4. The Labute approximate surface area is 172 Å². The van der Waals surface area contributed by atoms with Gasteiger partial charge < -0.3 is 10.2 Å². The Morgan fingerprint density at radius 2 is 1.75 bits per heavy atom. The van der Waals surface area contributed by atoms with Gasteiger partial charge in [0.05, 0.1) is 4.90 Å². The summed E-state index contributed by atoms with van der Waals surface area (Å²) in [5.74, 6) is 0.595. The molecule has 28 heavy (non-hydrogen) atoms. The molecular weight excluding hydrogens is 402 g/mol. The van der Waals surface area contributed by atoms with Crippen LogP contribution in [0.5, 0.6) is 0 Å². The molecule has 0 saturated carbocycles. The van der Waals surface area contributed by atoms with E-state index in [1.54, 1.807) is 4.90 Å². The van der Waals surface area contributed by atoms with Crippen molar-refractivity contribution in [1.82, 2.24) is 14.5 Å². The molecule has 1 aromatic carbocycles. The molecule has 3 rings (SSSR count). The average molecular weight is 430 g/mol. The standard InChI is InChI=1S/C19H27N3O4S.ClH/c1-15(23)17-3-5-18(6-4-17)27(25,26)22-12-10-21(11-13-22)19(24)7-2-16-8-9-20-14-16;/h3-6,16,20H,2,7-14H2,1H3;1H. The van der Waals surface area contributed by atoms with Gasteiger partial charge in [0.25, 0.3) is 0 Å². The van der Waals surface area contributed by atoms with Crippen LogP contribution in [0.4, 0.5) is 0 Å². The maximum atomic E-state index is 12.8. The number of sulfonamides is 1. The van der Waals surface area contributed by atoms with Gasteiger partial charge in [-0.15, -0.1) is 12.4 Å². The van der Waals surface area contributed by atoms with Crippen LogP contribution in [0.1, 0.15) is 36.5 Å². The summed E-state index contributed by atoms with van der Waals surface area (Å²) >= 11 is 0. The Morgan fingerprint density at radius 1 is 1.11 bits per heavy atom. The summed E-state index contributed by atoms with van der Waals surface area (Å²) in [7, 11) is -3.60. The Balaban J connectivity index is 0.00000280. The molecule has 2 heterocycles. The van der Waals surface area contributed by atoms with E-state index in [1.165, 1.54) is 35.5 Å². The predicted molar refractivity (Wildman–Crippen MR) is 109 cm³/mol. The average Bonchev–Trinajstić information content (AvgIpc) is 3.20. The SMILES string of the molecule is CC(=O)c1ccc(S(=O)(=O)N2CCN(C(=O)CCC3CCNC3)CC2)cc1.Cl. The van der Waals surface area contributed by atoms with Crippen molar-refractivity contribution in [1.29, 1.82) is 0 Å². The van der Waals surface area contributed by atoms with Crippen molar-refractivity contribution in [3.63, 3.8) is 0 Å². The number of Topliss-reactive ketones (excluding diaryl/α,β-unsaturated/α-hetero) is 1. The molecule has 2 aliphatic heterocycles. The van der Waals surface area contributed by atoms with Crippen LogP contribution < -0.4 is 5.32 Å². The number of halogens is 1. The number of hydrogen-bond donors (Lipinski definition) is 1. The van der Waals surface area contributed by atoms with Crippen LogP contribution in [0, 0.1) is 5.92 Å². The molecule has 2 fully saturated rings. The van der Waals surface area contributed by atoms with E-state index >= 15 is 0 Å². The number of benzene rings is 1. The van der Waals surface area contributed by atoms with Gasteiger partial charge >= 0.3 is 0 Å². The molecule has 1 unspecified atom stereocenters. The van der Waals surface area contributed by atoms with Gasteiger partial charge in [-0.2, -0.15) is 4.31 Å². The summed E-state index contributed by atoms with van der Waals surface area (Å²) in [6, 6.07) is 6.01. The van der Waals surface area contributed by atoms with E-state index in [0.717, 1.165) is 25.9 Å². The molecule has 0 spiro atoms. The molecule has 1 N–H and O–H groups in total. The van der Waals surface area contributed by atoms with E-state index in [4.69, 9.17) is 0 Å². The fourth-order valence-electron chi connectivity index (χ4n) is 3.64. The number of piperazine rings is 1. The van der Waals surface area contributed by atoms with Crippen molar-refractivity contribution in [2.75, 3.05) is 39.3 Å². The number of ketones is 1. The number of rotatable bonds is 6. The maximum Gasteiger partial charge on any atom is 0.243 e. The van der Waals surface area contributed by atoms with Crippen LogP contribution in [0.2, 0.25) is 0 Å². The maximum absolute atomic E-state index is 12.8. The van der Waals surface area contributed by atoms with Gasteiger partial charge in [0.15, 0.2) is 5.78 Å². The number of nitrogens with zero attached hydrogens (tertiary/aromatic N) is 2. The summed E-state index contributed by atoms with van der Waals surface area (Å²) in [6.07, 6.45) is 2.56. The molecular formula is C19H28ClN3O4S. The zero-order valence-electron chi connectivity index (χ0n) is 16.1. The number of hydrogen-bond acceptors (Lipinski definition) is 5. The Hall–Kier alpha value is -1.48. The molecule has 156 valence electrons. The quantitative estimate of drug-likeness (QED) is 0.693. The highest BCUT2D eigenvalue weighted by Gasteiger charge is 2.30. The normalized spacial score (nSPS) is 20.6. The molecule has 0 bridgehead atoms. The third kappa shape index (κ3) is 5.31. The second-order valence-electron chi connectivity index (χ2n) is 7.26. The van der Waals surface area contributed by atoms with Gasteiger partial charge in [0, 0.05) is 38.2 Å². The van der Waals surface area contributed by atoms with Gasteiger partial charge in [-0.05, 0) is 50.9 Å². The monoisotopic (exact) mass is 429 g/mol. The van der Waals surface area contributed by atoms with Crippen LogP contribution in [0.3, 0.4) is 0 Å². The molecule has 7 nitrogen and oxygen atoms in total. The first-order valence-electron chi connectivity index (χ1n) is 9.47. The molecule has 2 aliphatic rings. The van der Waals surface area contributed by atoms with Crippen molar-refractivity contribution in [2.45, 2.75) is 31.1 Å². The molecule has 1 atom stereocenters. The van der Waals surface area contributed by atoms with Crippen molar-refractivity contribution in [3.05, 3.63) is 29.8 Å². The van der Waals surface area contributed by atoms with E-state index in [2.05, 4.69) is 5.32 Å². The van der Waals surface area contributed by atoms with Crippen molar-refractivity contribution in [2.24, 2.45) is 5.92 Å². The van der Waals surface area contributed by atoms with Crippen LogP contribution in [0.15, 0.2) is 29.2 Å². The Morgan fingerprint density at radius 3 is 2.29 bits per heavy atom. The summed E-state index contributed by atoms with van der Waals surface area (Å²) < 4.78 is 27.0. The second-order valence-corrected chi connectivity index (χ2v) is 9.20. The lowest BCUT2D eigenvalue weighted by Gasteiger charge is -2.34. The third-order valence-corrected chi connectivity index (χ3v) is 7.33. The number of carbonyl (C=O) groups is 2. The first-order valence-corrected chi connectivity index (χ1v) is 10.9. The van der Waals surface area contributed by atoms with E-state index < -0.39 is 10.0 Å². The number of nitrogens with one attached hydrogen (secondary N) is 1. The zero-order valence-corrected chi connectivity index (χ0v) is 17.7. The van der Waals surface area contributed by atoms with E-state index in [-0.39, 0.29) is 29.0 Å². The van der Waals surface area contributed by atoms with Crippen LogP contribution in [-0.4, -0.2) is 68.6 Å². The van der Waals surface area contributed by atoms with Gasteiger partial charge in [-0.3, -0.25) is 9.59 Å². The van der Waals surface area contributed by atoms with Crippen LogP contribution in [0.25, 0.3) is 0 Å². The van der Waals surface area contributed by atoms with E-state index in [0.29, 0.717) is 44.1 Å². The third-order valence-electron chi connectivity index (χ3n) is 5.42. The fraction of sp³-hybridized carbons (Fsp3) is 0.579. The first kappa shape index (κ1) is 22.8. The van der Waals surface area contributed by atoms with Crippen LogP contribution in [-0.2, 0) is 14.8 Å². The minimum Gasteiger partial charge on any atom is -0.340 e. The fourth-order valence-corrected chi connectivity index (χ4v) is 5.06. The van der Waals surface area contributed by atoms with Crippen LogP contribution >= 0.6 is 12.4 Å². The van der Waals surface area contributed by atoms with Crippen molar-refractivity contribution >= 4 is 34.1 Å². The first-order chi connectivity index (χ1) is 12.9. The Kier molecular flexibility index (Phi) is 8.00. The summed E-state index contributed by atoms with van der Waals surface area (Å²) in [5.41, 5.74) is 0.488. The van der Waals surface area contributed by atoms with Gasteiger partial charge in [0.2, 0.25) is 15.9 Å².